The fourth-order valence-corrected chi connectivity index (χ4v) is 4.04. The molecule has 0 radical (unpaired) electrons. The molecule has 2 nitrogen and oxygen atoms in total. The Labute approximate surface area is 109 Å². The molecule has 1 aromatic carbocycles. The summed E-state index contributed by atoms with van der Waals surface area (Å²) in [6.07, 6.45) is 7.41. The van der Waals surface area contributed by atoms with E-state index in [1.807, 2.05) is 12.1 Å². The Kier molecular flexibility index (Phi) is 2.86. The Morgan fingerprint density at radius 2 is 2.11 bits per heavy atom. The zero-order valence-electron chi connectivity index (χ0n) is 11.2. The lowest BCUT2D eigenvalue weighted by Gasteiger charge is -2.47. The summed E-state index contributed by atoms with van der Waals surface area (Å²) in [5.41, 5.74) is 9.33. The Morgan fingerprint density at radius 1 is 1.28 bits per heavy atom. The second kappa shape index (κ2) is 4.27. The molecule has 1 aromatic rings. The van der Waals surface area contributed by atoms with Gasteiger partial charge in [-0.3, -0.25) is 0 Å². The molecule has 3 atom stereocenters. The van der Waals surface area contributed by atoms with Crippen molar-refractivity contribution in [3.05, 3.63) is 29.3 Å². The van der Waals surface area contributed by atoms with E-state index in [4.69, 9.17) is 5.73 Å². The fourth-order valence-electron chi connectivity index (χ4n) is 4.04. The van der Waals surface area contributed by atoms with E-state index in [2.05, 4.69) is 13.0 Å². The average molecular weight is 245 g/mol. The quantitative estimate of drug-likeness (QED) is 0.737. The summed E-state index contributed by atoms with van der Waals surface area (Å²) in [5, 5.41) is 9.77. The summed E-state index contributed by atoms with van der Waals surface area (Å²) in [6, 6.07) is 6.11. The van der Waals surface area contributed by atoms with Gasteiger partial charge in [0.25, 0.3) is 0 Å². The first-order valence-corrected chi connectivity index (χ1v) is 7.19. The Bertz CT molecular complexity index is 456. The highest BCUT2D eigenvalue weighted by Crippen LogP contribution is 2.46. The molecule has 2 heteroatoms. The predicted octanol–water partition coefficient (Wildman–Crippen LogP) is 3.11. The van der Waals surface area contributed by atoms with Crippen LogP contribution in [0.5, 0.6) is 5.75 Å². The van der Waals surface area contributed by atoms with E-state index >= 15 is 0 Å². The number of phenols is 1. The molecular formula is C16H23NO. The molecule has 0 saturated heterocycles. The third-order valence-corrected chi connectivity index (χ3v) is 5.21. The fraction of sp³-hybridized carbons (Fsp3) is 0.625. The molecule has 3 rings (SSSR count). The van der Waals surface area contributed by atoms with Gasteiger partial charge in [0, 0.05) is 11.5 Å². The van der Waals surface area contributed by atoms with Crippen molar-refractivity contribution in [3.63, 3.8) is 0 Å². The maximum absolute atomic E-state index is 9.77. The van der Waals surface area contributed by atoms with Gasteiger partial charge in [0.15, 0.2) is 0 Å². The van der Waals surface area contributed by atoms with Gasteiger partial charge in [-0.05, 0) is 48.4 Å². The van der Waals surface area contributed by atoms with Crippen LogP contribution in [0.1, 0.15) is 50.2 Å². The summed E-state index contributed by atoms with van der Waals surface area (Å²) in [6.45, 7) is 2.30. The lowest BCUT2D eigenvalue weighted by molar-refractivity contribution is 0.201. The van der Waals surface area contributed by atoms with Crippen LogP contribution in [-0.2, 0) is 11.8 Å². The van der Waals surface area contributed by atoms with Crippen molar-refractivity contribution in [1.82, 2.24) is 0 Å². The molecule has 0 aliphatic heterocycles. The van der Waals surface area contributed by atoms with Gasteiger partial charge >= 0.3 is 0 Å². The molecule has 0 spiro atoms. The second-order valence-corrected chi connectivity index (χ2v) is 6.35. The number of phenolic OH excluding ortho intramolecular Hbond substituents is 1. The standard InChI is InChI=1S/C16H23NO/c1-16-8-4-2-3-5-12(15(16)17)9-11-6-7-13(18)10-14(11)16/h6-7,10,12,15,18H,2-5,8-9,17H2,1H3/t12-,15-,16+/m1/s1. The second-order valence-electron chi connectivity index (χ2n) is 6.35. The number of hydrogen-bond donors (Lipinski definition) is 2. The van der Waals surface area contributed by atoms with Gasteiger partial charge in [-0.25, -0.2) is 0 Å². The number of hydrogen-bond acceptors (Lipinski definition) is 2. The maximum atomic E-state index is 9.77. The van der Waals surface area contributed by atoms with Crippen LogP contribution in [0.2, 0.25) is 0 Å². The van der Waals surface area contributed by atoms with Crippen LogP contribution in [0, 0.1) is 5.92 Å². The van der Waals surface area contributed by atoms with Crippen molar-refractivity contribution in [2.75, 3.05) is 0 Å². The zero-order chi connectivity index (χ0) is 12.8. The molecule has 3 N–H and O–H groups in total. The molecule has 0 amide bonds. The van der Waals surface area contributed by atoms with Crippen LogP contribution in [0.4, 0.5) is 0 Å². The maximum Gasteiger partial charge on any atom is 0.115 e. The van der Waals surface area contributed by atoms with Crippen molar-refractivity contribution in [3.8, 4) is 5.75 Å². The third-order valence-electron chi connectivity index (χ3n) is 5.21. The van der Waals surface area contributed by atoms with Gasteiger partial charge in [0.05, 0.1) is 0 Å². The number of benzene rings is 1. The van der Waals surface area contributed by atoms with Crippen LogP contribution in [-0.4, -0.2) is 11.1 Å². The largest absolute Gasteiger partial charge is 0.508 e. The predicted molar refractivity (Wildman–Crippen MR) is 73.7 cm³/mol. The SMILES string of the molecule is C[C@]12CCCCC[C@H](Cc3ccc(O)cc31)[C@H]2N. The van der Waals surface area contributed by atoms with Crippen LogP contribution < -0.4 is 5.73 Å². The van der Waals surface area contributed by atoms with E-state index in [0.717, 1.165) is 12.8 Å². The van der Waals surface area contributed by atoms with Crippen molar-refractivity contribution in [2.24, 2.45) is 11.7 Å². The monoisotopic (exact) mass is 245 g/mol. The van der Waals surface area contributed by atoms with Crippen molar-refractivity contribution in [2.45, 2.75) is 56.9 Å². The van der Waals surface area contributed by atoms with E-state index in [1.54, 1.807) is 0 Å². The van der Waals surface area contributed by atoms with E-state index in [9.17, 15) is 5.11 Å². The first kappa shape index (κ1) is 12.0. The first-order chi connectivity index (χ1) is 8.61. The minimum atomic E-state index is 0.0530. The molecule has 0 unspecified atom stereocenters. The minimum absolute atomic E-state index is 0.0530. The van der Waals surface area contributed by atoms with Crippen molar-refractivity contribution < 1.29 is 5.11 Å². The van der Waals surface area contributed by atoms with E-state index in [1.165, 1.54) is 36.8 Å². The van der Waals surface area contributed by atoms with Gasteiger partial charge < -0.3 is 10.8 Å². The molecule has 0 aromatic heterocycles. The number of rotatable bonds is 0. The van der Waals surface area contributed by atoms with Crippen molar-refractivity contribution in [1.29, 1.82) is 0 Å². The smallest absolute Gasteiger partial charge is 0.115 e. The van der Waals surface area contributed by atoms with Crippen LogP contribution in [0.3, 0.4) is 0 Å². The number of aromatic hydroxyl groups is 1. The molecule has 2 bridgehead atoms. The highest BCUT2D eigenvalue weighted by molar-refractivity contribution is 5.43. The normalized spacial score (nSPS) is 35.4. The topological polar surface area (TPSA) is 46.2 Å². The average Bonchev–Trinajstić information content (AvgIpc) is 2.35. The lowest BCUT2D eigenvalue weighted by Crippen LogP contribution is -2.52. The highest BCUT2D eigenvalue weighted by atomic mass is 16.3. The van der Waals surface area contributed by atoms with Crippen LogP contribution >= 0.6 is 0 Å². The summed E-state index contributed by atoms with van der Waals surface area (Å²) in [7, 11) is 0. The molecule has 98 valence electrons. The first-order valence-electron chi connectivity index (χ1n) is 7.19. The minimum Gasteiger partial charge on any atom is -0.508 e. The van der Waals surface area contributed by atoms with E-state index in [-0.39, 0.29) is 11.5 Å². The van der Waals surface area contributed by atoms with Gasteiger partial charge in [0.2, 0.25) is 0 Å². The summed E-state index contributed by atoms with van der Waals surface area (Å²) < 4.78 is 0. The molecular weight excluding hydrogens is 222 g/mol. The van der Waals surface area contributed by atoms with Crippen LogP contribution in [0.15, 0.2) is 18.2 Å². The van der Waals surface area contributed by atoms with Gasteiger partial charge in [-0.2, -0.15) is 0 Å². The van der Waals surface area contributed by atoms with Gasteiger partial charge in [0.1, 0.15) is 5.75 Å². The van der Waals surface area contributed by atoms with Gasteiger partial charge in [-0.15, -0.1) is 0 Å². The molecule has 18 heavy (non-hydrogen) atoms. The molecule has 1 saturated carbocycles. The van der Waals surface area contributed by atoms with Crippen LogP contribution in [0.25, 0.3) is 0 Å². The highest BCUT2D eigenvalue weighted by Gasteiger charge is 2.43. The molecule has 2 aliphatic rings. The summed E-state index contributed by atoms with van der Waals surface area (Å²) >= 11 is 0. The summed E-state index contributed by atoms with van der Waals surface area (Å²) in [4.78, 5) is 0. The third kappa shape index (κ3) is 1.74. The molecule has 0 heterocycles. The Balaban J connectivity index is 2.11. The Morgan fingerprint density at radius 3 is 2.94 bits per heavy atom. The molecule has 2 aliphatic carbocycles. The molecule has 1 fully saturated rings. The number of nitrogens with two attached hydrogens (primary N) is 1. The van der Waals surface area contributed by atoms with E-state index < -0.39 is 0 Å². The zero-order valence-corrected chi connectivity index (χ0v) is 11.2. The van der Waals surface area contributed by atoms with Crippen molar-refractivity contribution >= 4 is 0 Å². The number of fused-ring (bicyclic) bond motifs is 4. The summed E-state index contributed by atoms with van der Waals surface area (Å²) in [5.74, 6) is 0.995. The van der Waals surface area contributed by atoms with Gasteiger partial charge in [-0.1, -0.05) is 32.3 Å². The van der Waals surface area contributed by atoms with E-state index in [0.29, 0.717) is 11.7 Å². The Hall–Kier alpha value is -1.02. The lowest BCUT2D eigenvalue weighted by atomic mass is 9.60.